The van der Waals surface area contributed by atoms with Crippen molar-refractivity contribution in [2.75, 3.05) is 32.2 Å². The second-order valence-corrected chi connectivity index (χ2v) is 5.73. The number of anilines is 1. The minimum Gasteiger partial charge on any atom is -0.481 e. The highest BCUT2D eigenvalue weighted by Gasteiger charge is 2.24. The summed E-state index contributed by atoms with van der Waals surface area (Å²) in [5, 5.41) is 3.06. The van der Waals surface area contributed by atoms with Crippen LogP contribution < -0.4 is 19.7 Å². The Morgan fingerprint density at radius 3 is 2.88 bits per heavy atom. The molecule has 1 N–H and O–H groups in total. The average Bonchev–Trinajstić information content (AvgIpc) is 2.68. The largest absolute Gasteiger partial charge is 0.481 e. The Morgan fingerprint density at radius 2 is 2.16 bits per heavy atom. The van der Waals surface area contributed by atoms with Gasteiger partial charge in [0.15, 0.2) is 0 Å². The number of carbonyl (C=O) groups excluding carboxylic acids is 1. The highest BCUT2D eigenvalue weighted by atomic mass is 16.5. The Labute approximate surface area is 146 Å². The third-order valence-corrected chi connectivity index (χ3v) is 4.11. The van der Waals surface area contributed by atoms with Gasteiger partial charge in [-0.25, -0.2) is 4.98 Å². The molecule has 2 aromatic heterocycles. The summed E-state index contributed by atoms with van der Waals surface area (Å²) in [4.78, 5) is 27.3. The van der Waals surface area contributed by atoms with Gasteiger partial charge in [-0.3, -0.25) is 9.78 Å². The molecular formula is C17H21N5O3. The molecule has 3 heterocycles. The van der Waals surface area contributed by atoms with E-state index in [1.165, 1.54) is 14.2 Å². The van der Waals surface area contributed by atoms with Crippen molar-refractivity contribution in [3.05, 3.63) is 36.3 Å². The van der Waals surface area contributed by atoms with E-state index in [1.54, 1.807) is 30.7 Å². The zero-order chi connectivity index (χ0) is 17.6. The van der Waals surface area contributed by atoms with Crippen LogP contribution in [0.4, 0.5) is 5.82 Å². The minimum atomic E-state index is -0.210. The van der Waals surface area contributed by atoms with Crippen LogP contribution in [0.15, 0.2) is 30.7 Å². The summed E-state index contributed by atoms with van der Waals surface area (Å²) in [5.41, 5.74) is 0.389. The predicted molar refractivity (Wildman–Crippen MR) is 92.1 cm³/mol. The van der Waals surface area contributed by atoms with E-state index in [9.17, 15) is 4.79 Å². The van der Waals surface area contributed by atoms with Crippen LogP contribution in [0.5, 0.6) is 11.8 Å². The molecule has 8 nitrogen and oxygen atoms in total. The summed E-state index contributed by atoms with van der Waals surface area (Å²) in [7, 11) is 3.00. The van der Waals surface area contributed by atoms with Crippen LogP contribution in [0, 0.1) is 0 Å². The van der Waals surface area contributed by atoms with Gasteiger partial charge in [0.05, 0.1) is 20.4 Å². The van der Waals surface area contributed by atoms with Crippen LogP contribution in [-0.4, -0.2) is 54.2 Å². The molecule has 0 aromatic carbocycles. The molecule has 1 aliphatic rings. The number of carbonyl (C=O) groups is 1. The first-order chi connectivity index (χ1) is 12.2. The van der Waals surface area contributed by atoms with Gasteiger partial charge < -0.3 is 19.7 Å². The molecule has 2 aromatic rings. The number of methoxy groups -OCH3 is 2. The average molecular weight is 343 g/mol. The topological polar surface area (TPSA) is 89.5 Å². The number of hydrogen-bond donors (Lipinski definition) is 1. The van der Waals surface area contributed by atoms with Gasteiger partial charge in [0, 0.05) is 37.6 Å². The van der Waals surface area contributed by atoms with Crippen LogP contribution in [0.3, 0.4) is 0 Å². The quantitative estimate of drug-likeness (QED) is 0.875. The molecule has 0 radical (unpaired) electrons. The van der Waals surface area contributed by atoms with Crippen molar-refractivity contribution in [3.8, 4) is 11.8 Å². The lowest BCUT2D eigenvalue weighted by molar-refractivity contribution is 0.0929. The number of ether oxygens (including phenoxy) is 2. The maximum atomic E-state index is 12.6. The highest BCUT2D eigenvalue weighted by Crippen LogP contribution is 2.21. The summed E-state index contributed by atoms with van der Waals surface area (Å²) in [6, 6.07) is 3.32. The first-order valence-electron chi connectivity index (χ1n) is 8.12. The van der Waals surface area contributed by atoms with E-state index in [4.69, 9.17) is 9.47 Å². The van der Waals surface area contributed by atoms with Crippen molar-refractivity contribution in [1.82, 2.24) is 20.3 Å². The maximum absolute atomic E-state index is 12.6. The van der Waals surface area contributed by atoms with E-state index >= 15 is 0 Å². The number of amides is 1. The molecule has 8 heteroatoms. The SMILES string of the molecule is COc1ccc(C(=O)N[C@@H]2CCCN(c3cnccn3)C2)c(OC)n1. The van der Waals surface area contributed by atoms with Crippen LogP contribution >= 0.6 is 0 Å². The zero-order valence-corrected chi connectivity index (χ0v) is 14.3. The fourth-order valence-corrected chi connectivity index (χ4v) is 2.89. The Balaban J connectivity index is 1.68. The van der Waals surface area contributed by atoms with Crippen LogP contribution in [0.1, 0.15) is 23.2 Å². The maximum Gasteiger partial charge on any atom is 0.257 e. The zero-order valence-electron chi connectivity index (χ0n) is 14.3. The highest BCUT2D eigenvalue weighted by molar-refractivity contribution is 5.96. The fraction of sp³-hybridized carbons (Fsp3) is 0.412. The summed E-state index contributed by atoms with van der Waals surface area (Å²) in [6.07, 6.45) is 6.94. The lowest BCUT2D eigenvalue weighted by Crippen LogP contribution is -2.48. The van der Waals surface area contributed by atoms with Crippen molar-refractivity contribution < 1.29 is 14.3 Å². The molecule has 1 saturated heterocycles. The summed E-state index contributed by atoms with van der Waals surface area (Å²) < 4.78 is 10.3. The number of aromatic nitrogens is 3. The number of pyridine rings is 1. The van der Waals surface area contributed by atoms with Gasteiger partial charge in [-0.15, -0.1) is 0 Å². The number of nitrogens with one attached hydrogen (secondary N) is 1. The molecule has 1 fully saturated rings. The lowest BCUT2D eigenvalue weighted by Gasteiger charge is -2.33. The van der Waals surface area contributed by atoms with E-state index < -0.39 is 0 Å². The summed E-state index contributed by atoms with van der Waals surface area (Å²) in [6.45, 7) is 1.59. The first kappa shape index (κ1) is 16.9. The van der Waals surface area contributed by atoms with E-state index in [0.29, 0.717) is 18.0 Å². The summed E-state index contributed by atoms with van der Waals surface area (Å²) in [5.74, 6) is 1.27. The minimum absolute atomic E-state index is 0.0232. The second kappa shape index (κ2) is 7.78. The number of rotatable bonds is 5. The fourth-order valence-electron chi connectivity index (χ4n) is 2.89. The normalized spacial score (nSPS) is 17.0. The van der Waals surface area contributed by atoms with E-state index in [-0.39, 0.29) is 17.8 Å². The molecule has 0 unspecified atom stereocenters. The van der Waals surface area contributed by atoms with Gasteiger partial charge in [-0.1, -0.05) is 0 Å². The van der Waals surface area contributed by atoms with E-state index in [1.807, 2.05) is 0 Å². The standard InChI is InChI=1S/C17H21N5O3/c1-24-15-6-5-13(17(21-15)25-2)16(23)20-12-4-3-9-22(11-12)14-10-18-7-8-19-14/h5-8,10,12H,3-4,9,11H2,1-2H3,(H,20,23)/t12-/m1/s1. The number of hydrogen-bond acceptors (Lipinski definition) is 7. The molecule has 25 heavy (non-hydrogen) atoms. The predicted octanol–water partition coefficient (Wildman–Crippen LogP) is 1.29. The Hall–Kier alpha value is -2.90. The van der Waals surface area contributed by atoms with Crippen molar-refractivity contribution in [2.24, 2.45) is 0 Å². The lowest BCUT2D eigenvalue weighted by atomic mass is 10.1. The molecule has 0 aliphatic carbocycles. The molecule has 0 spiro atoms. The third-order valence-electron chi connectivity index (χ3n) is 4.11. The molecular weight excluding hydrogens is 322 g/mol. The Kier molecular flexibility index (Phi) is 5.27. The Morgan fingerprint density at radius 1 is 1.28 bits per heavy atom. The molecule has 3 rings (SSSR count). The van der Waals surface area contributed by atoms with Gasteiger partial charge in [0.1, 0.15) is 11.4 Å². The van der Waals surface area contributed by atoms with Gasteiger partial charge >= 0.3 is 0 Å². The van der Waals surface area contributed by atoms with Gasteiger partial charge in [0.25, 0.3) is 5.91 Å². The molecule has 1 amide bonds. The smallest absolute Gasteiger partial charge is 0.257 e. The van der Waals surface area contributed by atoms with E-state index in [0.717, 1.165) is 25.2 Å². The van der Waals surface area contributed by atoms with Crippen LogP contribution in [0.2, 0.25) is 0 Å². The van der Waals surface area contributed by atoms with Crippen LogP contribution in [0.25, 0.3) is 0 Å². The molecule has 1 atom stereocenters. The van der Waals surface area contributed by atoms with Crippen molar-refractivity contribution >= 4 is 11.7 Å². The van der Waals surface area contributed by atoms with Gasteiger partial charge in [-0.05, 0) is 18.9 Å². The summed E-state index contributed by atoms with van der Waals surface area (Å²) >= 11 is 0. The molecule has 0 saturated carbocycles. The van der Waals surface area contributed by atoms with Crippen molar-refractivity contribution in [1.29, 1.82) is 0 Å². The number of nitrogens with zero attached hydrogens (tertiary/aromatic N) is 4. The van der Waals surface area contributed by atoms with Crippen molar-refractivity contribution in [3.63, 3.8) is 0 Å². The second-order valence-electron chi connectivity index (χ2n) is 5.73. The van der Waals surface area contributed by atoms with Crippen molar-refractivity contribution in [2.45, 2.75) is 18.9 Å². The molecule has 0 bridgehead atoms. The van der Waals surface area contributed by atoms with E-state index in [2.05, 4.69) is 25.2 Å². The third kappa shape index (κ3) is 3.96. The number of piperidine rings is 1. The van der Waals surface area contributed by atoms with Crippen LogP contribution in [-0.2, 0) is 0 Å². The Bertz CT molecular complexity index is 725. The van der Waals surface area contributed by atoms with Gasteiger partial charge in [0.2, 0.25) is 11.8 Å². The first-order valence-corrected chi connectivity index (χ1v) is 8.12. The molecule has 132 valence electrons. The van der Waals surface area contributed by atoms with Gasteiger partial charge in [-0.2, -0.15) is 4.98 Å². The monoisotopic (exact) mass is 343 g/mol. The molecule has 1 aliphatic heterocycles.